The number of hydrogen-bond donors (Lipinski definition) is 2. The summed E-state index contributed by atoms with van der Waals surface area (Å²) in [6.07, 6.45) is 1.48. The molecule has 224 valence electrons. The van der Waals surface area contributed by atoms with E-state index in [1.807, 2.05) is 48.5 Å². The highest BCUT2D eigenvalue weighted by atomic mass is 16.7. The maximum absolute atomic E-state index is 11.6. The molecule has 0 aliphatic carbocycles. The van der Waals surface area contributed by atoms with Crippen LogP contribution in [0.4, 0.5) is 0 Å². The molecule has 0 aromatic heterocycles. The van der Waals surface area contributed by atoms with Crippen LogP contribution in [0, 0.1) is 0 Å². The van der Waals surface area contributed by atoms with Gasteiger partial charge in [0.15, 0.2) is 0 Å². The van der Waals surface area contributed by atoms with Crippen LogP contribution in [-0.4, -0.2) is 46.9 Å². The monoisotopic (exact) mass is 568 g/mol. The van der Waals surface area contributed by atoms with Crippen molar-refractivity contribution in [2.75, 3.05) is 13.2 Å². The lowest BCUT2D eigenvalue weighted by Gasteiger charge is -2.27. The molecular weight excluding hydrogens is 524 g/mol. The van der Waals surface area contributed by atoms with Gasteiger partial charge in [0, 0.05) is 43.3 Å². The molecule has 2 atom stereocenters. The molecule has 0 bridgehead atoms. The van der Waals surface area contributed by atoms with E-state index in [4.69, 9.17) is 18.9 Å². The van der Waals surface area contributed by atoms with Crippen molar-refractivity contribution in [3.05, 3.63) is 84.0 Å². The molecule has 2 N–H and O–H groups in total. The van der Waals surface area contributed by atoms with Crippen molar-refractivity contribution in [3.63, 3.8) is 0 Å². The first kappa shape index (κ1) is 33.6. The maximum Gasteiger partial charge on any atom is 0.335 e. The van der Waals surface area contributed by atoms with Crippen LogP contribution in [0.2, 0.25) is 0 Å². The van der Waals surface area contributed by atoms with Crippen molar-refractivity contribution < 1.29 is 38.7 Å². The molecule has 0 fully saturated rings. The second-order valence-corrected chi connectivity index (χ2v) is 11.3. The van der Waals surface area contributed by atoms with Crippen molar-refractivity contribution in [1.29, 1.82) is 0 Å². The molecule has 0 aliphatic rings. The third kappa shape index (κ3) is 11.1. The molecule has 0 aliphatic heterocycles. The summed E-state index contributed by atoms with van der Waals surface area (Å²) in [7, 11) is 0. The molecule has 8 nitrogen and oxygen atoms in total. The standard InChI is InChI=1S/C33H44O8/c1-23(2)29(34)40-32(7,36)19-9-21-38-27-15-11-25(12-16-27)31(5,6)26-13-17-28(18-14-26)39-22-10-20-33(8,37)41-30(35)24(3)4/h11-18,36-37H,1,3,9-10,19-22H2,2,4-8H3. The Morgan fingerprint density at radius 2 is 0.976 bits per heavy atom. The highest BCUT2D eigenvalue weighted by Gasteiger charge is 2.27. The number of carbonyl (C=O) groups is 2. The van der Waals surface area contributed by atoms with Crippen molar-refractivity contribution in [2.45, 2.75) is 84.2 Å². The molecule has 8 heteroatoms. The minimum Gasteiger partial charge on any atom is -0.494 e. The Morgan fingerprint density at radius 1 is 0.659 bits per heavy atom. The van der Waals surface area contributed by atoms with Crippen molar-refractivity contribution in [2.24, 2.45) is 0 Å². The summed E-state index contributed by atoms with van der Waals surface area (Å²) in [5.41, 5.74) is 2.42. The fraction of sp³-hybridized carbons (Fsp3) is 0.455. The molecule has 2 aromatic rings. The van der Waals surface area contributed by atoms with Crippen LogP contribution in [0.3, 0.4) is 0 Å². The molecular formula is C33H44O8. The average Bonchev–Trinajstić information content (AvgIpc) is 2.89. The summed E-state index contributed by atoms with van der Waals surface area (Å²) in [4.78, 5) is 23.3. The highest BCUT2D eigenvalue weighted by molar-refractivity contribution is 5.87. The van der Waals surface area contributed by atoms with Gasteiger partial charge in [-0.2, -0.15) is 0 Å². The van der Waals surface area contributed by atoms with Crippen molar-refractivity contribution >= 4 is 11.9 Å². The summed E-state index contributed by atoms with van der Waals surface area (Å²) in [5.74, 6) is -2.98. The first-order valence-corrected chi connectivity index (χ1v) is 13.7. The average molecular weight is 569 g/mol. The van der Waals surface area contributed by atoms with Gasteiger partial charge in [0.05, 0.1) is 13.2 Å². The topological polar surface area (TPSA) is 112 Å². The lowest BCUT2D eigenvalue weighted by Crippen LogP contribution is -2.32. The molecule has 0 spiro atoms. The third-order valence-electron chi connectivity index (χ3n) is 6.58. The van der Waals surface area contributed by atoms with Gasteiger partial charge in [-0.3, -0.25) is 0 Å². The van der Waals surface area contributed by atoms with Crippen LogP contribution in [-0.2, 0) is 24.5 Å². The van der Waals surface area contributed by atoms with Crippen LogP contribution >= 0.6 is 0 Å². The van der Waals surface area contributed by atoms with Gasteiger partial charge in [-0.25, -0.2) is 9.59 Å². The van der Waals surface area contributed by atoms with Crippen LogP contribution in [0.25, 0.3) is 0 Å². The molecule has 2 aromatic carbocycles. The fourth-order valence-corrected chi connectivity index (χ4v) is 3.96. The number of benzene rings is 2. The molecule has 0 radical (unpaired) electrons. The summed E-state index contributed by atoms with van der Waals surface area (Å²) < 4.78 is 21.7. The van der Waals surface area contributed by atoms with Crippen LogP contribution in [0.1, 0.15) is 78.4 Å². The van der Waals surface area contributed by atoms with Crippen molar-refractivity contribution in [1.82, 2.24) is 0 Å². The van der Waals surface area contributed by atoms with Crippen LogP contribution in [0.5, 0.6) is 11.5 Å². The number of ether oxygens (including phenoxy) is 4. The van der Waals surface area contributed by atoms with Gasteiger partial charge in [0.25, 0.3) is 0 Å². The Balaban J connectivity index is 1.84. The number of carbonyl (C=O) groups excluding carboxylic acids is 2. The van der Waals surface area contributed by atoms with E-state index in [0.717, 1.165) is 11.1 Å². The van der Waals surface area contributed by atoms with E-state index in [0.29, 0.717) is 37.6 Å². The van der Waals surface area contributed by atoms with Gasteiger partial charge < -0.3 is 29.2 Å². The van der Waals surface area contributed by atoms with Gasteiger partial charge in [-0.05, 0) is 62.1 Å². The zero-order valence-corrected chi connectivity index (χ0v) is 25.1. The van der Waals surface area contributed by atoms with E-state index in [2.05, 4.69) is 27.0 Å². The van der Waals surface area contributed by atoms with E-state index in [-0.39, 0.29) is 29.4 Å². The predicted octanol–water partition coefficient (Wildman–Crippen LogP) is 5.99. The van der Waals surface area contributed by atoms with Crippen molar-refractivity contribution in [3.8, 4) is 11.5 Å². The SMILES string of the molecule is C=C(C)C(=O)OC(C)(O)CCCOc1ccc(C(C)(C)c2ccc(OCCCC(C)(O)OC(=O)C(=C)C)cc2)cc1. The Labute approximate surface area is 243 Å². The third-order valence-corrected chi connectivity index (χ3v) is 6.58. The summed E-state index contributed by atoms with van der Waals surface area (Å²) in [5, 5.41) is 20.5. The number of rotatable bonds is 16. The van der Waals surface area contributed by atoms with Crippen LogP contribution in [0.15, 0.2) is 72.8 Å². The Bertz CT molecular complexity index is 1100. The predicted molar refractivity (Wildman–Crippen MR) is 158 cm³/mol. The maximum atomic E-state index is 11.6. The van der Waals surface area contributed by atoms with Gasteiger partial charge in [-0.15, -0.1) is 0 Å². The van der Waals surface area contributed by atoms with E-state index in [9.17, 15) is 19.8 Å². The summed E-state index contributed by atoms with van der Waals surface area (Å²) in [6.45, 7) is 18.0. The fourth-order valence-electron chi connectivity index (χ4n) is 3.96. The van der Waals surface area contributed by atoms with E-state index in [1.165, 1.54) is 27.7 Å². The van der Waals surface area contributed by atoms with Gasteiger partial charge in [0.2, 0.25) is 11.6 Å². The largest absolute Gasteiger partial charge is 0.494 e. The molecule has 41 heavy (non-hydrogen) atoms. The second kappa shape index (κ2) is 14.3. The minimum absolute atomic E-state index is 0.234. The van der Waals surface area contributed by atoms with Gasteiger partial charge >= 0.3 is 11.9 Å². The molecule has 0 amide bonds. The number of hydrogen-bond acceptors (Lipinski definition) is 8. The minimum atomic E-state index is -1.57. The lowest BCUT2D eigenvalue weighted by atomic mass is 9.78. The van der Waals surface area contributed by atoms with E-state index in [1.54, 1.807) is 0 Å². The Hall–Kier alpha value is -3.62. The smallest absolute Gasteiger partial charge is 0.335 e. The van der Waals surface area contributed by atoms with Crippen LogP contribution < -0.4 is 9.47 Å². The summed E-state index contributed by atoms with van der Waals surface area (Å²) >= 11 is 0. The highest BCUT2D eigenvalue weighted by Crippen LogP contribution is 2.33. The van der Waals surface area contributed by atoms with E-state index < -0.39 is 23.5 Å². The first-order chi connectivity index (χ1) is 19.0. The van der Waals surface area contributed by atoms with Gasteiger partial charge in [-0.1, -0.05) is 51.3 Å². The molecule has 0 heterocycles. The normalized spacial score (nSPS) is 14.2. The molecule has 2 unspecified atom stereocenters. The number of aliphatic hydroxyl groups is 2. The number of esters is 2. The Morgan fingerprint density at radius 3 is 1.27 bits per heavy atom. The Kier molecular flexibility index (Phi) is 11.7. The molecule has 0 saturated heterocycles. The zero-order valence-electron chi connectivity index (χ0n) is 25.1. The zero-order chi connectivity index (χ0) is 30.8. The molecule has 2 rings (SSSR count). The first-order valence-electron chi connectivity index (χ1n) is 13.7. The van der Waals surface area contributed by atoms with E-state index >= 15 is 0 Å². The quantitative estimate of drug-likeness (QED) is 0.110. The van der Waals surface area contributed by atoms with Gasteiger partial charge in [0.1, 0.15) is 11.5 Å². The summed E-state index contributed by atoms with van der Waals surface area (Å²) in [6, 6.07) is 15.8. The second-order valence-electron chi connectivity index (χ2n) is 11.3. The lowest BCUT2D eigenvalue weighted by molar-refractivity contribution is -0.202. The molecule has 0 saturated carbocycles.